The van der Waals surface area contributed by atoms with Crippen LogP contribution >= 0.6 is 0 Å². The molecule has 3 aromatic carbocycles. The molecule has 0 aliphatic rings. The molecule has 0 saturated carbocycles. The van der Waals surface area contributed by atoms with Gasteiger partial charge in [0.05, 0.1) is 6.42 Å². The molecule has 28 heavy (non-hydrogen) atoms. The number of anilines is 1. The summed E-state index contributed by atoms with van der Waals surface area (Å²) in [5.74, 6) is -2.14. The molecule has 1 amide bonds. The molecular weight excluding hydrogens is 364 g/mol. The van der Waals surface area contributed by atoms with Gasteiger partial charge in [-0.2, -0.15) is 0 Å². The summed E-state index contributed by atoms with van der Waals surface area (Å²) in [6, 6.07) is 19.4. The first-order chi connectivity index (χ1) is 13.5. The summed E-state index contributed by atoms with van der Waals surface area (Å²) in [6.45, 7) is 0. The van der Waals surface area contributed by atoms with E-state index in [1.54, 1.807) is 36.4 Å². The van der Waals surface area contributed by atoms with Gasteiger partial charge in [-0.3, -0.25) is 9.59 Å². The average molecular weight is 381 g/mol. The van der Waals surface area contributed by atoms with Gasteiger partial charge in [-0.25, -0.2) is 8.78 Å². The maximum absolute atomic E-state index is 13.3. The molecule has 142 valence electrons. The lowest BCUT2D eigenvalue weighted by Crippen LogP contribution is -2.26. The van der Waals surface area contributed by atoms with E-state index in [1.807, 2.05) is 0 Å². The molecule has 4 nitrogen and oxygen atoms in total. The van der Waals surface area contributed by atoms with E-state index in [2.05, 4.69) is 5.32 Å². The van der Waals surface area contributed by atoms with Crippen molar-refractivity contribution in [3.8, 4) is 0 Å². The lowest BCUT2D eigenvalue weighted by atomic mass is 10.1. The zero-order chi connectivity index (χ0) is 19.9. The molecule has 0 heterocycles. The van der Waals surface area contributed by atoms with Crippen LogP contribution < -0.4 is 5.32 Å². The fourth-order valence-corrected chi connectivity index (χ4v) is 2.63. The molecule has 1 N–H and O–H groups in total. The smallest absolute Gasteiger partial charge is 0.311 e. The predicted molar refractivity (Wildman–Crippen MR) is 100 cm³/mol. The van der Waals surface area contributed by atoms with Crippen molar-refractivity contribution in [2.24, 2.45) is 0 Å². The van der Waals surface area contributed by atoms with Crippen molar-refractivity contribution in [2.75, 3.05) is 5.32 Å². The quantitative estimate of drug-likeness (QED) is 0.643. The van der Waals surface area contributed by atoms with Crippen molar-refractivity contribution in [3.05, 3.63) is 102 Å². The Morgan fingerprint density at radius 2 is 1.57 bits per heavy atom. The van der Waals surface area contributed by atoms with Gasteiger partial charge in [-0.1, -0.05) is 42.5 Å². The number of hydrogen-bond acceptors (Lipinski definition) is 3. The summed E-state index contributed by atoms with van der Waals surface area (Å²) in [7, 11) is 0. The lowest BCUT2D eigenvalue weighted by Gasteiger charge is -2.18. The van der Waals surface area contributed by atoms with E-state index >= 15 is 0 Å². The van der Waals surface area contributed by atoms with Gasteiger partial charge in [0.15, 0.2) is 0 Å². The van der Waals surface area contributed by atoms with Crippen molar-refractivity contribution in [2.45, 2.75) is 12.5 Å². The number of halogens is 2. The number of ether oxygens (including phenoxy) is 1. The highest BCUT2D eigenvalue weighted by Gasteiger charge is 2.25. The van der Waals surface area contributed by atoms with Gasteiger partial charge in [0.25, 0.3) is 5.91 Å². The first-order valence-corrected chi connectivity index (χ1v) is 8.56. The molecular formula is C22H17F2NO3. The van der Waals surface area contributed by atoms with Crippen molar-refractivity contribution in [3.63, 3.8) is 0 Å². The van der Waals surface area contributed by atoms with Crippen molar-refractivity contribution in [1.82, 2.24) is 0 Å². The van der Waals surface area contributed by atoms with E-state index < -0.39 is 29.6 Å². The van der Waals surface area contributed by atoms with Gasteiger partial charge >= 0.3 is 5.97 Å². The summed E-state index contributed by atoms with van der Waals surface area (Å²) in [5, 5.41) is 2.60. The number of rotatable bonds is 6. The van der Waals surface area contributed by atoms with Crippen LogP contribution in [0.2, 0.25) is 0 Å². The maximum Gasteiger partial charge on any atom is 0.311 e. The molecule has 3 rings (SSSR count). The Morgan fingerprint density at radius 3 is 2.25 bits per heavy atom. The van der Waals surface area contributed by atoms with E-state index in [1.165, 1.54) is 42.5 Å². The number of hydrogen-bond donors (Lipinski definition) is 1. The van der Waals surface area contributed by atoms with E-state index in [9.17, 15) is 18.4 Å². The second-order valence-corrected chi connectivity index (χ2v) is 6.08. The van der Waals surface area contributed by atoms with E-state index in [0.29, 0.717) is 16.8 Å². The average Bonchev–Trinajstić information content (AvgIpc) is 2.68. The Bertz CT molecular complexity index is 959. The molecule has 0 bridgehead atoms. The minimum Gasteiger partial charge on any atom is -0.447 e. The number of carbonyl (C=O) groups is 2. The topological polar surface area (TPSA) is 55.4 Å². The molecule has 0 radical (unpaired) electrons. The van der Waals surface area contributed by atoms with Crippen molar-refractivity contribution >= 4 is 17.6 Å². The number of carbonyl (C=O) groups excluding carboxylic acids is 2. The zero-order valence-electron chi connectivity index (χ0n) is 14.8. The Balaban J connectivity index is 1.76. The molecule has 6 heteroatoms. The van der Waals surface area contributed by atoms with Gasteiger partial charge in [0, 0.05) is 11.3 Å². The third kappa shape index (κ3) is 5.23. The van der Waals surface area contributed by atoms with Crippen molar-refractivity contribution < 1.29 is 23.1 Å². The first-order valence-electron chi connectivity index (χ1n) is 8.56. The van der Waals surface area contributed by atoms with Crippen LogP contribution in [0, 0.1) is 11.6 Å². The van der Waals surface area contributed by atoms with E-state index in [4.69, 9.17) is 4.74 Å². The standard InChI is InChI=1S/C22H17F2NO3/c23-17-9-11-19(12-10-17)25-22(27)21(16-6-2-1-3-7-16)28-20(26)14-15-5-4-8-18(24)13-15/h1-13,21H,14H2,(H,25,27)/t21-/m0/s1. The van der Waals surface area contributed by atoms with Crippen LogP contribution in [0.15, 0.2) is 78.9 Å². The van der Waals surface area contributed by atoms with Gasteiger partial charge < -0.3 is 10.1 Å². The van der Waals surface area contributed by atoms with Crippen LogP contribution in [0.3, 0.4) is 0 Å². The molecule has 3 aromatic rings. The largest absolute Gasteiger partial charge is 0.447 e. The molecule has 0 aromatic heterocycles. The van der Waals surface area contributed by atoms with Gasteiger partial charge in [-0.05, 0) is 42.0 Å². The summed E-state index contributed by atoms with van der Waals surface area (Å²) >= 11 is 0. The number of amides is 1. The summed E-state index contributed by atoms with van der Waals surface area (Å²) in [4.78, 5) is 25.0. The summed E-state index contributed by atoms with van der Waals surface area (Å²) < 4.78 is 31.7. The van der Waals surface area contributed by atoms with Crippen LogP contribution in [0.5, 0.6) is 0 Å². The number of esters is 1. The first kappa shape index (κ1) is 19.2. The van der Waals surface area contributed by atoms with Gasteiger partial charge in [-0.15, -0.1) is 0 Å². The molecule has 0 saturated heterocycles. The minimum atomic E-state index is -1.20. The fraction of sp³-hybridized carbons (Fsp3) is 0.0909. The third-order valence-electron chi connectivity index (χ3n) is 3.94. The molecule has 0 spiro atoms. The molecule has 1 atom stereocenters. The Morgan fingerprint density at radius 1 is 0.857 bits per heavy atom. The molecule has 0 unspecified atom stereocenters. The summed E-state index contributed by atoms with van der Waals surface area (Å²) in [5.41, 5.74) is 1.29. The number of nitrogens with one attached hydrogen (secondary N) is 1. The second kappa shape index (κ2) is 8.90. The molecule has 0 aliphatic carbocycles. The predicted octanol–water partition coefficient (Wildman–Crippen LogP) is 4.43. The summed E-state index contributed by atoms with van der Waals surface area (Å²) in [6.07, 6.45) is -1.38. The normalized spacial score (nSPS) is 11.5. The van der Waals surface area contributed by atoms with Crippen LogP contribution in [-0.2, 0) is 20.7 Å². The van der Waals surface area contributed by atoms with Gasteiger partial charge in [0.1, 0.15) is 11.6 Å². The van der Waals surface area contributed by atoms with Gasteiger partial charge in [0.2, 0.25) is 6.10 Å². The zero-order valence-corrected chi connectivity index (χ0v) is 14.8. The second-order valence-electron chi connectivity index (χ2n) is 6.08. The Labute approximate surface area is 160 Å². The highest BCUT2D eigenvalue weighted by atomic mass is 19.1. The number of benzene rings is 3. The highest BCUT2D eigenvalue weighted by Crippen LogP contribution is 2.21. The Hall–Kier alpha value is -3.54. The fourth-order valence-electron chi connectivity index (χ4n) is 2.63. The molecule has 0 aliphatic heterocycles. The van der Waals surface area contributed by atoms with Crippen LogP contribution in [0.4, 0.5) is 14.5 Å². The van der Waals surface area contributed by atoms with Crippen molar-refractivity contribution in [1.29, 1.82) is 0 Å². The highest BCUT2D eigenvalue weighted by molar-refractivity contribution is 5.96. The SMILES string of the molecule is O=C(Cc1cccc(F)c1)O[C@H](C(=O)Nc1ccc(F)cc1)c1ccccc1. The van der Waals surface area contributed by atoms with E-state index in [-0.39, 0.29) is 6.42 Å². The monoisotopic (exact) mass is 381 g/mol. The van der Waals surface area contributed by atoms with Crippen LogP contribution in [0.1, 0.15) is 17.2 Å². The maximum atomic E-state index is 13.3. The Kier molecular flexibility index (Phi) is 6.11. The third-order valence-corrected chi connectivity index (χ3v) is 3.94. The van der Waals surface area contributed by atoms with Crippen LogP contribution in [0.25, 0.3) is 0 Å². The van der Waals surface area contributed by atoms with E-state index in [0.717, 1.165) is 0 Å². The molecule has 0 fully saturated rings. The van der Waals surface area contributed by atoms with Crippen LogP contribution in [-0.4, -0.2) is 11.9 Å². The minimum absolute atomic E-state index is 0.176. The lowest BCUT2D eigenvalue weighted by molar-refractivity contribution is -0.154.